The first-order chi connectivity index (χ1) is 19.0. The van der Waals surface area contributed by atoms with Crippen molar-refractivity contribution in [3.8, 4) is 16.9 Å². The van der Waals surface area contributed by atoms with Crippen LogP contribution >= 0.6 is 23.2 Å². The van der Waals surface area contributed by atoms with E-state index in [1.807, 2.05) is 6.92 Å². The van der Waals surface area contributed by atoms with Gasteiger partial charge in [0, 0.05) is 35.2 Å². The van der Waals surface area contributed by atoms with Gasteiger partial charge in [-0.15, -0.1) is 0 Å². The van der Waals surface area contributed by atoms with E-state index in [2.05, 4.69) is 5.32 Å². The Kier molecular flexibility index (Phi) is 10.7. The number of halogens is 5. The van der Waals surface area contributed by atoms with Gasteiger partial charge in [0.05, 0.1) is 25.7 Å². The second-order valence-corrected chi connectivity index (χ2v) is 9.67. The second-order valence-electron chi connectivity index (χ2n) is 8.80. The Balaban J connectivity index is 1.95. The standard InChI is InChI=1S/C29H29Cl2F3N2O4/c1-4-36(28(38)35-16-18-10-21(30)14-22(31)11-18)17-19-8-6-7-9-23(19)24-12-20(13-27(37)40-5-2)25(29(32,33)34)15-26(24)39-3/h6-12,14-15H,4-5,13,16-17H2,1-3H3,(H,35,38). The number of ether oxygens (including phenoxy) is 2. The molecule has 0 heterocycles. The molecule has 2 amide bonds. The van der Waals surface area contributed by atoms with Crippen LogP contribution in [0.2, 0.25) is 10.0 Å². The summed E-state index contributed by atoms with van der Waals surface area (Å²) in [5.41, 5.74) is 1.11. The number of carbonyl (C=O) groups excluding carboxylic acids is 2. The summed E-state index contributed by atoms with van der Waals surface area (Å²) >= 11 is 12.1. The van der Waals surface area contributed by atoms with E-state index in [-0.39, 0.29) is 37.0 Å². The summed E-state index contributed by atoms with van der Waals surface area (Å²) in [4.78, 5) is 26.7. The molecule has 0 saturated heterocycles. The van der Waals surface area contributed by atoms with Crippen LogP contribution < -0.4 is 10.1 Å². The van der Waals surface area contributed by atoms with E-state index in [0.29, 0.717) is 33.3 Å². The highest BCUT2D eigenvalue weighted by molar-refractivity contribution is 6.34. The molecule has 214 valence electrons. The van der Waals surface area contributed by atoms with Crippen LogP contribution in [0.1, 0.15) is 36.1 Å². The average molecular weight is 597 g/mol. The van der Waals surface area contributed by atoms with Crippen molar-refractivity contribution in [1.29, 1.82) is 0 Å². The highest BCUT2D eigenvalue weighted by atomic mass is 35.5. The Morgan fingerprint density at radius 1 is 0.950 bits per heavy atom. The molecule has 0 radical (unpaired) electrons. The Morgan fingerprint density at radius 3 is 2.23 bits per heavy atom. The van der Waals surface area contributed by atoms with Crippen molar-refractivity contribution in [2.45, 2.75) is 39.5 Å². The molecule has 0 saturated carbocycles. The summed E-state index contributed by atoms with van der Waals surface area (Å²) in [6.07, 6.45) is -5.27. The number of esters is 1. The molecule has 0 atom stereocenters. The molecule has 11 heteroatoms. The number of methoxy groups -OCH3 is 1. The largest absolute Gasteiger partial charge is 0.496 e. The highest BCUT2D eigenvalue weighted by Gasteiger charge is 2.35. The molecule has 3 rings (SSSR count). The number of urea groups is 1. The van der Waals surface area contributed by atoms with Gasteiger partial charge in [-0.05, 0) is 66.4 Å². The third kappa shape index (κ3) is 8.05. The van der Waals surface area contributed by atoms with Gasteiger partial charge in [-0.25, -0.2) is 4.79 Å². The SMILES string of the molecule is CCOC(=O)Cc1cc(-c2ccccc2CN(CC)C(=O)NCc2cc(Cl)cc(Cl)c2)c(OC)cc1C(F)(F)F. The minimum atomic E-state index is -4.71. The molecule has 40 heavy (non-hydrogen) atoms. The van der Waals surface area contributed by atoms with Gasteiger partial charge in [-0.3, -0.25) is 4.79 Å². The molecular weight excluding hydrogens is 568 g/mol. The minimum absolute atomic E-state index is 0.0160. The fourth-order valence-electron chi connectivity index (χ4n) is 4.24. The lowest BCUT2D eigenvalue weighted by Gasteiger charge is -2.24. The summed E-state index contributed by atoms with van der Waals surface area (Å²) in [6, 6.07) is 13.9. The van der Waals surface area contributed by atoms with E-state index in [0.717, 1.165) is 11.6 Å². The van der Waals surface area contributed by atoms with Crippen molar-refractivity contribution >= 4 is 35.2 Å². The third-order valence-corrected chi connectivity index (χ3v) is 6.51. The summed E-state index contributed by atoms with van der Waals surface area (Å²) < 4.78 is 51.9. The van der Waals surface area contributed by atoms with E-state index in [4.69, 9.17) is 32.7 Å². The lowest BCUT2D eigenvalue weighted by atomic mass is 9.93. The number of nitrogens with zero attached hydrogens (tertiary/aromatic N) is 1. The first-order valence-electron chi connectivity index (χ1n) is 12.5. The zero-order valence-corrected chi connectivity index (χ0v) is 23.7. The second kappa shape index (κ2) is 13.8. The topological polar surface area (TPSA) is 67.9 Å². The number of carbonyl (C=O) groups is 2. The van der Waals surface area contributed by atoms with Crippen LogP contribution in [0.25, 0.3) is 11.1 Å². The zero-order valence-electron chi connectivity index (χ0n) is 22.2. The molecule has 0 spiro atoms. The molecule has 1 N–H and O–H groups in total. The van der Waals surface area contributed by atoms with Crippen LogP contribution in [0, 0.1) is 0 Å². The number of hydrogen-bond acceptors (Lipinski definition) is 4. The van der Waals surface area contributed by atoms with Gasteiger partial charge < -0.3 is 19.7 Å². The van der Waals surface area contributed by atoms with Gasteiger partial charge in [-0.2, -0.15) is 13.2 Å². The monoisotopic (exact) mass is 596 g/mol. The maximum absolute atomic E-state index is 13.9. The predicted molar refractivity (Wildman–Crippen MR) is 149 cm³/mol. The highest BCUT2D eigenvalue weighted by Crippen LogP contribution is 2.41. The van der Waals surface area contributed by atoms with Crippen LogP contribution in [-0.2, 0) is 35.2 Å². The molecule has 3 aromatic rings. The van der Waals surface area contributed by atoms with Gasteiger partial charge in [-0.1, -0.05) is 47.5 Å². The van der Waals surface area contributed by atoms with E-state index >= 15 is 0 Å². The number of rotatable bonds is 10. The number of benzene rings is 3. The molecule has 0 unspecified atom stereocenters. The summed E-state index contributed by atoms with van der Waals surface area (Å²) in [6.45, 7) is 4.15. The first-order valence-corrected chi connectivity index (χ1v) is 13.2. The van der Waals surface area contributed by atoms with Crippen LogP contribution in [0.4, 0.5) is 18.0 Å². The van der Waals surface area contributed by atoms with Gasteiger partial charge in [0.25, 0.3) is 0 Å². The molecule has 0 fully saturated rings. The number of amides is 2. The fourth-order valence-corrected chi connectivity index (χ4v) is 4.81. The molecule has 3 aromatic carbocycles. The number of alkyl halides is 3. The molecular formula is C29H29Cl2F3N2O4. The lowest BCUT2D eigenvalue weighted by Crippen LogP contribution is -2.39. The molecule has 0 aliphatic rings. The third-order valence-electron chi connectivity index (χ3n) is 6.07. The summed E-state index contributed by atoms with van der Waals surface area (Å²) in [5, 5.41) is 3.74. The normalized spacial score (nSPS) is 11.2. The van der Waals surface area contributed by atoms with Crippen molar-refractivity contribution in [2.24, 2.45) is 0 Å². The molecule has 0 aromatic heterocycles. The zero-order chi connectivity index (χ0) is 29.4. The molecule has 0 aliphatic carbocycles. The first kappa shape index (κ1) is 31.1. The minimum Gasteiger partial charge on any atom is -0.496 e. The maximum atomic E-state index is 13.9. The van der Waals surface area contributed by atoms with E-state index in [1.165, 1.54) is 13.2 Å². The molecule has 0 bridgehead atoms. The Labute approximate surface area is 241 Å². The van der Waals surface area contributed by atoms with Crippen molar-refractivity contribution in [2.75, 3.05) is 20.3 Å². The van der Waals surface area contributed by atoms with Gasteiger partial charge in [0.1, 0.15) is 5.75 Å². The van der Waals surface area contributed by atoms with Gasteiger partial charge >= 0.3 is 18.2 Å². The van der Waals surface area contributed by atoms with Crippen molar-refractivity contribution in [3.63, 3.8) is 0 Å². The summed E-state index contributed by atoms with van der Waals surface area (Å²) in [7, 11) is 1.28. The quantitative estimate of drug-likeness (QED) is 0.246. The van der Waals surface area contributed by atoms with E-state index < -0.39 is 24.1 Å². The number of hydrogen-bond donors (Lipinski definition) is 1. The van der Waals surface area contributed by atoms with E-state index in [1.54, 1.807) is 54.3 Å². The summed E-state index contributed by atoms with van der Waals surface area (Å²) in [5.74, 6) is -0.787. The lowest BCUT2D eigenvalue weighted by molar-refractivity contribution is -0.143. The van der Waals surface area contributed by atoms with Crippen LogP contribution in [-0.4, -0.2) is 37.2 Å². The fraction of sp³-hybridized carbons (Fsp3) is 0.310. The smallest absolute Gasteiger partial charge is 0.416 e. The van der Waals surface area contributed by atoms with E-state index in [9.17, 15) is 22.8 Å². The van der Waals surface area contributed by atoms with Crippen LogP contribution in [0.15, 0.2) is 54.6 Å². The van der Waals surface area contributed by atoms with Crippen LogP contribution in [0.3, 0.4) is 0 Å². The van der Waals surface area contributed by atoms with Gasteiger partial charge in [0.2, 0.25) is 0 Å². The Morgan fingerprint density at radius 2 is 1.62 bits per heavy atom. The molecule has 0 aliphatic heterocycles. The predicted octanol–water partition coefficient (Wildman–Crippen LogP) is 7.53. The van der Waals surface area contributed by atoms with Gasteiger partial charge in [0.15, 0.2) is 0 Å². The van der Waals surface area contributed by atoms with Crippen molar-refractivity contribution < 1.29 is 32.2 Å². The van der Waals surface area contributed by atoms with Crippen molar-refractivity contribution in [3.05, 3.63) is 86.9 Å². The Bertz CT molecular complexity index is 1350. The van der Waals surface area contributed by atoms with Crippen LogP contribution in [0.5, 0.6) is 5.75 Å². The Hall–Kier alpha value is -3.43. The molecule has 6 nitrogen and oxygen atoms in total. The number of nitrogens with one attached hydrogen (secondary N) is 1. The average Bonchev–Trinajstić information content (AvgIpc) is 2.89. The maximum Gasteiger partial charge on any atom is 0.416 e. The van der Waals surface area contributed by atoms with Crippen molar-refractivity contribution in [1.82, 2.24) is 10.2 Å².